The summed E-state index contributed by atoms with van der Waals surface area (Å²) in [5, 5.41) is 21.8. The van der Waals surface area contributed by atoms with Crippen LogP contribution in [0.3, 0.4) is 0 Å². The first-order chi connectivity index (χ1) is 16.5. The summed E-state index contributed by atoms with van der Waals surface area (Å²) in [4.78, 5) is 15.8. The molecule has 6 rings (SSSR count). The first-order valence-electron chi connectivity index (χ1n) is 11.0. The van der Waals surface area contributed by atoms with Crippen molar-refractivity contribution < 1.29 is 19.3 Å². The topological polar surface area (TPSA) is 91.6 Å². The summed E-state index contributed by atoms with van der Waals surface area (Å²) in [6, 6.07) is 7.96. The van der Waals surface area contributed by atoms with Crippen LogP contribution >= 0.6 is 0 Å². The molecule has 34 heavy (non-hydrogen) atoms. The van der Waals surface area contributed by atoms with E-state index in [0.717, 1.165) is 24.9 Å². The minimum absolute atomic E-state index is 0.0208. The fraction of sp³-hybridized carbons (Fsp3) is 0.269. The SMILES string of the molecule is C#Cc1c(F)ccc2cc(O)cc(-c3cc4nc(OC)ncc4c(N4CC5(CC5CO)C4)n3)c12. The molecular weight excluding hydrogens is 435 g/mol. The van der Waals surface area contributed by atoms with Crippen molar-refractivity contribution in [1.82, 2.24) is 15.0 Å². The van der Waals surface area contributed by atoms with Crippen molar-refractivity contribution in [3.63, 3.8) is 0 Å². The van der Waals surface area contributed by atoms with Crippen LogP contribution in [0.2, 0.25) is 0 Å². The molecule has 1 unspecified atom stereocenters. The molecule has 1 saturated carbocycles. The molecular formula is C26H21FN4O3. The second kappa shape index (κ2) is 7.27. The Morgan fingerprint density at radius 3 is 2.79 bits per heavy atom. The molecule has 1 saturated heterocycles. The molecule has 2 aromatic carbocycles. The maximum Gasteiger partial charge on any atom is 0.316 e. The number of benzene rings is 2. The molecule has 0 radical (unpaired) electrons. The number of hydrogen-bond acceptors (Lipinski definition) is 7. The van der Waals surface area contributed by atoms with Gasteiger partial charge in [-0.05, 0) is 42.0 Å². The molecule has 3 heterocycles. The number of aromatic hydroxyl groups is 1. The normalized spacial score (nSPS) is 18.2. The molecule has 1 atom stereocenters. The minimum atomic E-state index is -0.514. The largest absolute Gasteiger partial charge is 0.508 e. The van der Waals surface area contributed by atoms with Gasteiger partial charge in [0, 0.05) is 42.3 Å². The number of nitrogens with zero attached hydrogens (tertiary/aromatic N) is 4. The van der Waals surface area contributed by atoms with Crippen LogP contribution in [-0.2, 0) is 0 Å². The van der Waals surface area contributed by atoms with E-state index in [0.29, 0.717) is 39.3 Å². The van der Waals surface area contributed by atoms with Crippen molar-refractivity contribution in [2.45, 2.75) is 6.42 Å². The molecule has 1 spiro atoms. The molecule has 2 N–H and O–H groups in total. The Morgan fingerprint density at radius 2 is 2.09 bits per heavy atom. The molecule has 2 aromatic heterocycles. The van der Waals surface area contributed by atoms with E-state index in [1.54, 1.807) is 30.5 Å². The molecule has 1 aliphatic heterocycles. The average Bonchev–Trinajstić information content (AvgIpc) is 3.57. The van der Waals surface area contributed by atoms with Crippen molar-refractivity contribution in [2.75, 3.05) is 31.7 Å². The number of terminal acetylenes is 1. The molecule has 0 bridgehead atoms. The van der Waals surface area contributed by atoms with Crippen molar-refractivity contribution in [3.8, 4) is 35.4 Å². The van der Waals surface area contributed by atoms with Gasteiger partial charge in [-0.1, -0.05) is 12.0 Å². The zero-order valence-corrected chi connectivity index (χ0v) is 18.4. The number of phenols is 1. The van der Waals surface area contributed by atoms with Gasteiger partial charge in [-0.3, -0.25) is 0 Å². The third kappa shape index (κ3) is 2.97. The van der Waals surface area contributed by atoms with E-state index in [1.807, 2.05) is 0 Å². The van der Waals surface area contributed by atoms with Crippen LogP contribution in [0.4, 0.5) is 10.2 Å². The number of halogens is 1. The highest BCUT2D eigenvalue weighted by Gasteiger charge is 2.61. The summed E-state index contributed by atoms with van der Waals surface area (Å²) in [5.74, 6) is 2.98. The number of fused-ring (bicyclic) bond motifs is 2. The maximum atomic E-state index is 14.6. The smallest absolute Gasteiger partial charge is 0.316 e. The second-order valence-corrected chi connectivity index (χ2v) is 9.08. The highest BCUT2D eigenvalue weighted by Crippen LogP contribution is 2.59. The molecule has 8 heteroatoms. The van der Waals surface area contributed by atoms with Gasteiger partial charge in [0.15, 0.2) is 0 Å². The van der Waals surface area contributed by atoms with E-state index in [9.17, 15) is 14.6 Å². The summed E-state index contributed by atoms with van der Waals surface area (Å²) in [5.41, 5.74) is 1.88. The predicted octanol–water partition coefficient (Wildman–Crippen LogP) is 3.50. The number of aromatic nitrogens is 3. The molecule has 2 aliphatic rings. The van der Waals surface area contributed by atoms with Gasteiger partial charge in [0.1, 0.15) is 17.4 Å². The maximum absolute atomic E-state index is 14.6. The van der Waals surface area contributed by atoms with Crippen LogP contribution in [0.15, 0.2) is 36.5 Å². The quantitative estimate of drug-likeness (QED) is 0.454. The van der Waals surface area contributed by atoms with Gasteiger partial charge in [0.05, 0.1) is 29.3 Å². The number of rotatable bonds is 4. The Balaban J connectivity index is 1.58. The Kier molecular flexibility index (Phi) is 4.41. The Morgan fingerprint density at radius 1 is 1.26 bits per heavy atom. The fourth-order valence-corrected chi connectivity index (χ4v) is 5.18. The summed E-state index contributed by atoms with van der Waals surface area (Å²) >= 11 is 0. The summed E-state index contributed by atoms with van der Waals surface area (Å²) in [7, 11) is 1.50. The van der Waals surface area contributed by atoms with Crippen molar-refractivity contribution in [3.05, 3.63) is 47.9 Å². The predicted molar refractivity (Wildman–Crippen MR) is 126 cm³/mol. The second-order valence-electron chi connectivity index (χ2n) is 9.08. The number of hydrogen-bond donors (Lipinski definition) is 2. The van der Waals surface area contributed by atoms with Crippen molar-refractivity contribution >= 4 is 27.5 Å². The number of phenolic OH excluding ortho intramolecular Hbond substituents is 1. The van der Waals surface area contributed by atoms with Crippen LogP contribution < -0.4 is 9.64 Å². The first-order valence-corrected chi connectivity index (χ1v) is 11.0. The van der Waals surface area contributed by atoms with Gasteiger partial charge in [-0.25, -0.2) is 14.4 Å². The van der Waals surface area contributed by atoms with Crippen molar-refractivity contribution in [1.29, 1.82) is 0 Å². The van der Waals surface area contributed by atoms with Gasteiger partial charge in [-0.15, -0.1) is 6.42 Å². The number of anilines is 1. The van der Waals surface area contributed by atoms with Crippen molar-refractivity contribution in [2.24, 2.45) is 11.3 Å². The number of methoxy groups -OCH3 is 1. The van der Waals surface area contributed by atoms with E-state index < -0.39 is 5.82 Å². The zero-order valence-electron chi connectivity index (χ0n) is 18.4. The van der Waals surface area contributed by atoms with Gasteiger partial charge in [0.25, 0.3) is 0 Å². The standard InChI is InChI=1S/C26H21FN4O3/c1-3-17-20(27)5-4-14-6-16(33)7-18(23(14)17)21-8-22-19(10-28-25(30-22)34-2)24(29-21)31-12-26(13-31)9-15(26)11-32/h1,4-8,10,15,32-33H,9,11-13H2,2H3. The highest BCUT2D eigenvalue weighted by atomic mass is 19.1. The average molecular weight is 456 g/mol. The molecule has 2 fully saturated rings. The fourth-order valence-electron chi connectivity index (χ4n) is 5.18. The molecule has 4 aromatic rings. The van der Waals surface area contributed by atoms with Gasteiger partial charge in [-0.2, -0.15) is 4.98 Å². The van der Waals surface area contributed by atoms with Gasteiger partial charge >= 0.3 is 6.01 Å². The molecule has 0 amide bonds. The van der Waals surface area contributed by atoms with E-state index in [-0.39, 0.29) is 29.3 Å². The lowest BCUT2D eigenvalue weighted by Gasteiger charge is -2.42. The summed E-state index contributed by atoms with van der Waals surface area (Å²) < 4.78 is 19.8. The van der Waals surface area contributed by atoms with Crippen LogP contribution in [0.5, 0.6) is 11.8 Å². The molecule has 7 nitrogen and oxygen atoms in total. The molecule has 170 valence electrons. The first kappa shape index (κ1) is 20.6. The number of pyridine rings is 1. The zero-order chi connectivity index (χ0) is 23.6. The Labute approximate surface area is 194 Å². The number of aliphatic hydroxyl groups excluding tert-OH is 1. The third-order valence-electron chi connectivity index (χ3n) is 7.08. The third-order valence-corrected chi connectivity index (χ3v) is 7.08. The Hall–Kier alpha value is -3.96. The lowest BCUT2D eigenvalue weighted by molar-refractivity contribution is 0.231. The monoisotopic (exact) mass is 456 g/mol. The van der Waals surface area contributed by atoms with E-state index in [1.165, 1.54) is 13.2 Å². The van der Waals surface area contributed by atoms with Crippen LogP contribution in [0.25, 0.3) is 32.9 Å². The van der Waals surface area contributed by atoms with E-state index in [2.05, 4.69) is 20.8 Å². The molecule has 1 aliphatic carbocycles. The lowest BCUT2D eigenvalue weighted by atomic mass is 9.93. The highest BCUT2D eigenvalue weighted by molar-refractivity contribution is 6.03. The van der Waals surface area contributed by atoms with Gasteiger partial charge < -0.3 is 19.8 Å². The lowest BCUT2D eigenvalue weighted by Crippen LogP contribution is -2.50. The van der Waals surface area contributed by atoms with Gasteiger partial charge in [0.2, 0.25) is 0 Å². The minimum Gasteiger partial charge on any atom is -0.508 e. The summed E-state index contributed by atoms with van der Waals surface area (Å²) in [6.07, 6.45) is 8.35. The van der Waals surface area contributed by atoms with E-state index >= 15 is 0 Å². The number of ether oxygens (including phenoxy) is 1. The van der Waals surface area contributed by atoms with Crippen LogP contribution in [0, 0.1) is 29.5 Å². The van der Waals surface area contributed by atoms with Crippen LogP contribution in [-0.4, -0.2) is 52.0 Å². The number of aliphatic hydroxyl groups is 1. The summed E-state index contributed by atoms with van der Waals surface area (Å²) in [6.45, 7) is 1.75. The Bertz CT molecular complexity index is 1520. The van der Waals surface area contributed by atoms with E-state index in [4.69, 9.17) is 16.1 Å². The van der Waals surface area contributed by atoms with Crippen LogP contribution in [0.1, 0.15) is 12.0 Å².